The number of nitrogens with one attached hydrogen (secondary N) is 1. The molecular formula is C14H16F2N2O3S. The summed E-state index contributed by atoms with van der Waals surface area (Å²) in [6.45, 7) is 0.420. The summed E-state index contributed by atoms with van der Waals surface area (Å²) < 4.78 is 31.8. The molecule has 0 aliphatic carbocycles. The summed E-state index contributed by atoms with van der Waals surface area (Å²) in [7, 11) is 0. The Labute approximate surface area is 130 Å². The van der Waals surface area contributed by atoms with Gasteiger partial charge in [-0.3, -0.25) is 9.59 Å². The first-order valence-electron chi connectivity index (χ1n) is 6.69. The number of hydrogen-bond donors (Lipinski definition) is 2. The number of benzene rings is 1. The van der Waals surface area contributed by atoms with E-state index >= 15 is 0 Å². The molecule has 0 unspecified atom stereocenters. The third-order valence-corrected chi connectivity index (χ3v) is 4.14. The number of carbonyl (C=O) groups is 2. The SMILES string of the molecule is NC(=O)CSCC(=O)N[C@@H]1CCO[C@H]1c1ccc(F)c(F)c1. The third kappa shape index (κ3) is 4.41. The van der Waals surface area contributed by atoms with Crippen molar-refractivity contribution in [2.45, 2.75) is 18.6 Å². The van der Waals surface area contributed by atoms with E-state index in [1.165, 1.54) is 6.07 Å². The predicted molar refractivity (Wildman–Crippen MR) is 78.1 cm³/mol. The van der Waals surface area contributed by atoms with Gasteiger partial charge in [0.15, 0.2) is 11.6 Å². The zero-order valence-corrected chi connectivity index (χ0v) is 12.5. The highest BCUT2D eigenvalue weighted by Crippen LogP contribution is 2.30. The van der Waals surface area contributed by atoms with E-state index in [9.17, 15) is 18.4 Å². The Morgan fingerprint density at radius 1 is 1.32 bits per heavy atom. The van der Waals surface area contributed by atoms with Gasteiger partial charge in [-0.05, 0) is 24.1 Å². The number of rotatable bonds is 6. The van der Waals surface area contributed by atoms with Gasteiger partial charge in [0.2, 0.25) is 11.8 Å². The Morgan fingerprint density at radius 3 is 2.77 bits per heavy atom. The second-order valence-corrected chi connectivity index (χ2v) is 5.87. The molecule has 120 valence electrons. The number of thioether (sulfide) groups is 1. The molecule has 1 fully saturated rings. The fourth-order valence-corrected chi connectivity index (χ4v) is 2.82. The standard InChI is InChI=1S/C14H16F2N2O3S/c15-9-2-1-8(5-10(9)16)14-11(3-4-21-14)18-13(20)7-22-6-12(17)19/h1-2,5,11,14H,3-4,6-7H2,(H2,17,19)(H,18,20)/t11-,14+/m1/s1. The lowest BCUT2D eigenvalue weighted by Gasteiger charge is -2.20. The van der Waals surface area contributed by atoms with Crippen LogP contribution in [-0.4, -0.2) is 36.0 Å². The molecule has 2 rings (SSSR count). The number of nitrogens with two attached hydrogens (primary N) is 1. The summed E-state index contributed by atoms with van der Waals surface area (Å²) in [5.41, 5.74) is 5.47. The van der Waals surface area contributed by atoms with Crippen LogP contribution >= 0.6 is 11.8 Å². The van der Waals surface area contributed by atoms with E-state index < -0.39 is 23.6 Å². The van der Waals surface area contributed by atoms with Crippen LogP contribution in [-0.2, 0) is 14.3 Å². The lowest BCUT2D eigenvalue weighted by Crippen LogP contribution is -2.38. The highest BCUT2D eigenvalue weighted by molar-refractivity contribution is 8.00. The fourth-order valence-electron chi connectivity index (χ4n) is 2.25. The maximum Gasteiger partial charge on any atom is 0.230 e. The average Bonchev–Trinajstić information content (AvgIpc) is 2.89. The molecule has 0 spiro atoms. The van der Waals surface area contributed by atoms with Crippen LogP contribution in [0.2, 0.25) is 0 Å². The minimum absolute atomic E-state index is 0.0706. The summed E-state index contributed by atoms with van der Waals surface area (Å²) >= 11 is 1.12. The van der Waals surface area contributed by atoms with Crippen LogP contribution in [0.3, 0.4) is 0 Å². The maximum atomic E-state index is 13.3. The number of halogens is 2. The monoisotopic (exact) mass is 330 g/mol. The lowest BCUT2D eigenvalue weighted by molar-refractivity contribution is -0.119. The molecule has 2 atom stereocenters. The van der Waals surface area contributed by atoms with Crippen LogP contribution in [0.25, 0.3) is 0 Å². The zero-order valence-electron chi connectivity index (χ0n) is 11.7. The molecule has 1 heterocycles. The summed E-state index contributed by atoms with van der Waals surface area (Å²) in [5, 5.41) is 2.78. The average molecular weight is 330 g/mol. The number of amides is 2. The number of primary amides is 1. The molecule has 8 heteroatoms. The molecule has 1 saturated heterocycles. The van der Waals surface area contributed by atoms with Gasteiger partial charge in [-0.2, -0.15) is 0 Å². The quantitative estimate of drug-likeness (QED) is 0.819. The molecule has 0 saturated carbocycles. The van der Waals surface area contributed by atoms with E-state index in [2.05, 4.69) is 5.32 Å². The fraction of sp³-hybridized carbons (Fsp3) is 0.429. The largest absolute Gasteiger partial charge is 0.371 e. The summed E-state index contributed by atoms with van der Waals surface area (Å²) in [5.74, 6) is -2.44. The molecular weight excluding hydrogens is 314 g/mol. The van der Waals surface area contributed by atoms with Gasteiger partial charge in [0, 0.05) is 6.61 Å². The summed E-state index contributed by atoms with van der Waals surface area (Å²) in [6.07, 6.45) is 0.0655. The lowest BCUT2D eigenvalue weighted by atomic mass is 10.0. The molecule has 1 aliphatic heterocycles. The Morgan fingerprint density at radius 2 is 2.09 bits per heavy atom. The number of ether oxygens (including phenoxy) is 1. The number of carbonyl (C=O) groups excluding carboxylic acids is 2. The van der Waals surface area contributed by atoms with E-state index in [1.54, 1.807) is 0 Å². The molecule has 3 N–H and O–H groups in total. The van der Waals surface area contributed by atoms with Crippen LogP contribution in [0, 0.1) is 11.6 Å². The normalized spacial score (nSPS) is 20.8. The molecule has 1 aliphatic rings. The molecule has 22 heavy (non-hydrogen) atoms. The summed E-state index contributed by atoms with van der Waals surface area (Å²) in [6, 6.07) is 3.24. The van der Waals surface area contributed by atoms with Crippen LogP contribution < -0.4 is 11.1 Å². The highest BCUT2D eigenvalue weighted by Gasteiger charge is 2.31. The Hall–Kier alpha value is -1.67. The van der Waals surface area contributed by atoms with Gasteiger partial charge < -0.3 is 15.8 Å². The predicted octanol–water partition coefficient (Wildman–Crippen LogP) is 1.13. The van der Waals surface area contributed by atoms with Gasteiger partial charge in [0.1, 0.15) is 6.10 Å². The summed E-state index contributed by atoms with van der Waals surface area (Å²) in [4.78, 5) is 22.4. The highest BCUT2D eigenvalue weighted by atomic mass is 32.2. The first kappa shape index (κ1) is 16.7. The Kier molecular flexibility index (Phi) is 5.73. The van der Waals surface area contributed by atoms with Gasteiger partial charge in [-0.1, -0.05) is 6.07 Å². The van der Waals surface area contributed by atoms with Crippen molar-refractivity contribution in [3.63, 3.8) is 0 Å². The first-order chi connectivity index (χ1) is 10.5. The maximum absolute atomic E-state index is 13.3. The van der Waals surface area contributed by atoms with Crippen molar-refractivity contribution in [1.29, 1.82) is 0 Å². The van der Waals surface area contributed by atoms with E-state index in [0.717, 1.165) is 23.9 Å². The second-order valence-electron chi connectivity index (χ2n) is 4.89. The zero-order chi connectivity index (χ0) is 16.1. The van der Waals surface area contributed by atoms with Crippen molar-refractivity contribution in [1.82, 2.24) is 5.32 Å². The van der Waals surface area contributed by atoms with Crippen LogP contribution in [0.15, 0.2) is 18.2 Å². The molecule has 0 radical (unpaired) electrons. The second kappa shape index (κ2) is 7.55. The van der Waals surface area contributed by atoms with Crippen molar-refractivity contribution in [3.8, 4) is 0 Å². The van der Waals surface area contributed by atoms with E-state index in [-0.39, 0.29) is 23.5 Å². The Balaban J connectivity index is 1.94. The van der Waals surface area contributed by atoms with Gasteiger partial charge in [-0.15, -0.1) is 11.8 Å². The smallest absolute Gasteiger partial charge is 0.230 e. The first-order valence-corrected chi connectivity index (χ1v) is 7.85. The molecule has 0 aromatic heterocycles. The van der Waals surface area contributed by atoms with Gasteiger partial charge >= 0.3 is 0 Å². The van der Waals surface area contributed by atoms with Gasteiger partial charge in [0.05, 0.1) is 17.5 Å². The topological polar surface area (TPSA) is 81.4 Å². The van der Waals surface area contributed by atoms with Crippen LogP contribution in [0.5, 0.6) is 0 Å². The number of hydrogen-bond acceptors (Lipinski definition) is 4. The third-order valence-electron chi connectivity index (χ3n) is 3.19. The molecule has 1 aromatic rings. The van der Waals surface area contributed by atoms with Gasteiger partial charge in [-0.25, -0.2) is 8.78 Å². The van der Waals surface area contributed by atoms with E-state index in [4.69, 9.17) is 10.5 Å². The Bertz CT molecular complexity index is 571. The van der Waals surface area contributed by atoms with Crippen LogP contribution in [0.1, 0.15) is 18.1 Å². The van der Waals surface area contributed by atoms with Gasteiger partial charge in [0.25, 0.3) is 0 Å². The van der Waals surface area contributed by atoms with Crippen molar-refractivity contribution < 1.29 is 23.1 Å². The molecule has 5 nitrogen and oxygen atoms in total. The van der Waals surface area contributed by atoms with E-state index in [1.807, 2.05) is 0 Å². The molecule has 1 aromatic carbocycles. The molecule has 2 amide bonds. The molecule has 0 bridgehead atoms. The minimum Gasteiger partial charge on any atom is -0.371 e. The van der Waals surface area contributed by atoms with Crippen molar-refractivity contribution in [2.75, 3.05) is 18.1 Å². The van der Waals surface area contributed by atoms with Crippen molar-refractivity contribution in [3.05, 3.63) is 35.4 Å². The van der Waals surface area contributed by atoms with Crippen molar-refractivity contribution in [2.24, 2.45) is 5.73 Å². The minimum atomic E-state index is -0.949. The van der Waals surface area contributed by atoms with Crippen LogP contribution in [0.4, 0.5) is 8.78 Å². The van der Waals surface area contributed by atoms with E-state index in [0.29, 0.717) is 18.6 Å². The van der Waals surface area contributed by atoms with Crippen molar-refractivity contribution >= 4 is 23.6 Å².